The highest BCUT2D eigenvalue weighted by Gasteiger charge is 2.19. The Morgan fingerprint density at radius 1 is 1.16 bits per heavy atom. The molecular weight excluding hydrogens is 238 g/mol. The van der Waals surface area contributed by atoms with Gasteiger partial charge in [-0.05, 0) is 36.5 Å². The molecule has 0 aliphatic heterocycles. The number of carboxylic acids is 1. The van der Waals surface area contributed by atoms with Crippen molar-refractivity contribution in [3.05, 3.63) is 66.0 Å². The van der Waals surface area contributed by atoms with Crippen LogP contribution in [0.25, 0.3) is 0 Å². The number of carbonyl (C=O) groups is 1. The van der Waals surface area contributed by atoms with E-state index in [1.54, 1.807) is 18.5 Å². The molecule has 1 atom stereocenters. The Balaban J connectivity index is 1.94. The number of nitrogens with zero attached hydrogens (tertiary/aromatic N) is 1. The van der Waals surface area contributed by atoms with Crippen LogP contribution in [0, 0.1) is 0 Å². The van der Waals surface area contributed by atoms with E-state index >= 15 is 0 Å². The quantitative estimate of drug-likeness (QED) is 0.861. The monoisotopic (exact) mass is 255 g/mol. The Bertz CT molecular complexity index is 511. The molecule has 0 fully saturated rings. The van der Waals surface area contributed by atoms with Crippen molar-refractivity contribution in [2.24, 2.45) is 0 Å². The number of hydrogen-bond donors (Lipinski definition) is 1. The first kappa shape index (κ1) is 13.3. The number of aromatic nitrogens is 1. The molecule has 2 rings (SSSR count). The number of benzene rings is 1. The summed E-state index contributed by atoms with van der Waals surface area (Å²) in [6, 6.07) is 13.7. The molecule has 3 heteroatoms. The molecule has 3 nitrogen and oxygen atoms in total. The van der Waals surface area contributed by atoms with Gasteiger partial charge < -0.3 is 5.11 Å². The third-order valence-electron chi connectivity index (χ3n) is 3.19. The molecular formula is C16H17NO2. The fourth-order valence-corrected chi connectivity index (χ4v) is 2.17. The third kappa shape index (κ3) is 3.91. The zero-order valence-electron chi connectivity index (χ0n) is 10.7. The molecule has 0 aliphatic carbocycles. The van der Waals surface area contributed by atoms with Crippen molar-refractivity contribution in [2.75, 3.05) is 0 Å². The third-order valence-corrected chi connectivity index (χ3v) is 3.19. The van der Waals surface area contributed by atoms with Gasteiger partial charge >= 0.3 is 5.97 Å². The van der Waals surface area contributed by atoms with Crippen molar-refractivity contribution < 1.29 is 9.90 Å². The average molecular weight is 255 g/mol. The fourth-order valence-electron chi connectivity index (χ4n) is 2.17. The van der Waals surface area contributed by atoms with Crippen molar-refractivity contribution >= 4 is 5.97 Å². The van der Waals surface area contributed by atoms with Crippen LogP contribution in [-0.4, -0.2) is 16.1 Å². The van der Waals surface area contributed by atoms with Gasteiger partial charge in [-0.2, -0.15) is 0 Å². The van der Waals surface area contributed by atoms with Crippen molar-refractivity contribution in [3.63, 3.8) is 0 Å². The molecule has 1 unspecified atom stereocenters. The first-order valence-electron chi connectivity index (χ1n) is 6.44. The normalized spacial score (nSPS) is 12.0. The highest BCUT2D eigenvalue weighted by Crippen LogP contribution is 2.21. The van der Waals surface area contributed by atoms with E-state index in [-0.39, 0.29) is 0 Å². The van der Waals surface area contributed by atoms with E-state index in [1.165, 1.54) is 5.56 Å². The summed E-state index contributed by atoms with van der Waals surface area (Å²) in [4.78, 5) is 15.3. The van der Waals surface area contributed by atoms with Gasteiger partial charge in [-0.1, -0.05) is 36.4 Å². The molecule has 1 heterocycles. The Morgan fingerprint density at radius 2 is 1.95 bits per heavy atom. The molecule has 0 saturated carbocycles. The number of aliphatic carboxylic acids is 1. The molecule has 19 heavy (non-hydrogen) atoms. The van der Waals surface area contributed by atoms with Gasteiger partial charge in [-0.3, -0.25) is 9.78 Å². The maximum absolute atomic E-state index is 11.3. The minimum Gasteiger partial charge on any atom is -0.481 e. The Labute approximate surface area is 112 Å². The molecule has 0 bridgehead atoms. The van der Waals surface area contributed by atoms with Gasteiger partial charge in [0.15, 0.2) is 0 Å². The first-order valence-corrected chi connectivity index (χ1v) is 6.44. The number of aryl methyl sites for hydroxylation is 1. The summed E-state index contributed by atoms with van der Waals surface area (Å²) in [6.45, 7) is 0. The second kappa shape index (κ2) is 6.69. The highest BCUT2D eigenvalue weighted by atomic mass is 16.4. The molecule has 1 aromatic carbocycles. The number of hydrogen-bond acceptors (Lipinski definition) is 2. The summed E-state index contributed by atoms with van der Waals surface area (Å²) in [6.07, 6.45) is 5.70. The summed E-state index contributed by atoms with van der Waals surface area (Å²) < 4.78 is 0. The van der Waals surface area contributed by atoms with E-state index in [9.17, 15) is 9.90 Å². The van der Waals surface area contributed by atoms with Gasteiger partial charge in [0.25, 0.3) is 0 Å². The number of carboxylic acid groups (broad SMARTS) is 1. The minimum atomic E-state index is -0.777. The van der Waals surface area contributed by atoms with Crippen LogP contribution in [0.5, 0.6) is 0 Å². The lowest BCUT2D eigenvalue weighted by Crippen LogP contribution is -2.12. The van der Waals surface area contributed by atoms with E-state index in [1.807, 2.05) is 24.3 Å². The van der Waals surface area contributed by atoms with Crippen LogP contribution in [0.15, 0.2) is 54.9 Å². The molecule has 0 spiro atoms. The largest absolute Gasteiger partial charge is 0.481 e. The van der Waals surface area contributed by atoms with Crippen molar-refractivity contribution in [3.8, 4) is 0 Å². The minimum absolute atomic E-state index is 0.461. The van der Waals surface area contributed by atoms with Gasteiger partial charge in [0, 0.05) is 12.4 Å². The summed E-state index contributed by atoms with van der Waals surface area (Å²) in [7, 11) is 0. The SMILES string of the molecule is O=C(O)C(CCCc1ccccc1)c1cccnc1. The first-order chi connectivity index (χ1) is 9.27. The molecule has 0 aliphatic rings. The standard InChI is InChI=1S/C16H17NO2/c18-16(19)15(14-9-5-11-17-12-14)10-4-8-13-6-2-1-3-7-13/h1-3,5-7,9,11-12,15H,4,8,10H2,(H,18,19). The second-order valence-electron chi connectivity index (χ2n) is 4.56. The van der Waals surface area contributed by atoms with Crippen molar-refractivity contribution in [1.29, 1.82) is 0 Å². The van der Waals surface area contributed by atoms with E-state index in [4.69, 9.17) is 0 Å². The second-order valence-corrected chi connectivity index (χ2v) is 4.56. The van der Waals surface area contributed by atoms with Crippen LogP contribution < -0.4 is 0 Å². The highest BCUT2D eigenvalue weighted by molar-refractivity contribution is 5.75. The Hall–Kier alpha value is -2.16. The molecule has 98 valence electrons. The lowest BCUT2D eigenvalue weighted by molar-refractivity contribution is -0.139. The van der Waals surface area contributed by atoms with Crippen molar-refractivity contribution in [2.45, 2.75) is 25.2 Å². The summed E-state index contributed by atoms with van der Waals surface area (Å²) in [5.41, 5.74) is 2.03. The molecule has 0 amide bonds. The molecule has 2 aromatic rings. The predicted octanol–water partition coefficient (Wildman–Crippen LogP) is 3.27. The van der Waals surface area contributed by atoms with Crippen molar-refractivity contribution in [1.82, 2.24) is 4.98 Å². The maximum Gasteiger partial charge on any atom is 0.311 e. The summed E-state index contributed by atoms with van der Waals surface area (Å²) >= 11 is 0. The van der Waals surface area contributed by atoms with Crippen LogP contribution in [0.2, 0.25) is 0 Å². The van der Waals surface area contributed by atoms with E-state index in [2.05, 4.69) is 17.1 Å². The predicted molar refractivity (Wildman–Crippen MR) is 74.0 cm³/mol. The molecule has 1 N–H and O–H groups in total. The number of pyridine rings is 1. The lowest BCUT2D eigenvalue weighted by Gasteiger charge is -2.12. The van der Waals surface area contributed by atoms with Gasteiger partial charge in [0.2, 0.25) is 0 Å². The Morgan fingerprint density at radius 3 is 2.58 bits per heavy atom. The smallest absolute Gasteiger partial charge is 0.311 e. The molecule has 0 saturated heterocycles. The molecule has 1 aromatic heterocycles. The van der Waals surface area contributed by atoms with Crippen LogP contribution in [-0.2, 0) is 11.2 Å². The van der Waals surface area contributed by atoms with Gasteiger partial charge in [-0.25, -0.2) is 0 Å². The zero-order valence-corrected chi connectivity index (χ0v) is 10.7. The zero-order chi connectivity index (χ0) is 13.5. The maximum atomic E-state index is 11.3. The Kier molecular flexibility index (Phi) is 4.67. The summed E-state index contributed by atoms with van der Waals surface area (Å²) in [5, 5.41) is 9.30. The van der Waals surface area contributed by atoms with E-state index < -0.39 is 11.9 Å². The average Bonchev–Trinajstić information content (AvgIpc) is 2.45. The van der Waals surface area contributed by atoms with Crippen LogP contribution in [0.1, 0.15) is 29.9 Å². The fraction of sp³-hybridized carbons (Fsp3) is 0.250. The van der Waals surface area contributed by atoms with E-state index in [0.29, 0.717) is 6.42 Å². The topological polar surface area (TPSA) is 50.2 Å². The van der Waals surface area contributed by atoms with Gasteiger partial charge in [-0.15, -0.1) is 0 Å². The van der Waals surface area contributed by atoms with Gasteiger partial charge in [0.1, 0.15) is 0 Å². The molecule has 0 radical (unpaired) electrons. The number of rotatable bonds is 6. The van der Waals surface area contributed by atoms with Gasteiger partial charge in [0.05, 0.1) is 5.92 Å². The van der Waals surface area contributed by atoms with Crippen LogP contribution in [0.4, 0.5) is 0 Å². The van der Waals surface area contributed by atoms with E-state index in [0.717, 1.165) is 18.4 Å². The lowest BCUT2D eigenvalue weighted by atomic mass is 9.94. The van der Waals surface area contributed by atoms with Crippen LogP contribution >= 0.6 is 0 Å². The summed E-state index contributed by atoms with van der Waals surface area (Å²) in [5.74, 6) is -1.24. The van der Waals surface area contributed by atoms with Crippen LogP contribution in [0.3, 0.4) is 0 Å².